The number of carbonyl (C=O) groups is 2. The Balaban J connectivity index is 4.81. The van der Waals surface area contributed by atoms with E-state index in [9.17, 15) is 9.59 Å². The molecule has 394 valence electrons. The summed E-state index contributed by atoms with van der Waals surface area (Å²) in [4.78, 5) is 33.2. The van der Waals surface area contributed by atoms with E-state index in [1.54, 1.807) is 0 Å². The van der Waals surface area contributed by atoms with Crippen LogP contribution < -0.4 is 43.8 Å². The van der Waals surface area contributed by atoms with Gasteiger partial charge < -0.3 is 58.5 Å². The average Bonchev–Trinajstić information content (AvgIpc) is 3.30. The maximum absolute atomic E-state index is 13.4. The fourth-order valence-corrected chi connectivity index (χ4v) is 8.55. The van der Waals surface area contributed by atoms with Gasteiger partial charge in [-0.2, -0.15) is 0 Å². The first-order valence-electron chi connectivity index (χ1n) is 27.5. The highest BCUT2D eigenvalue weighted by Gasteiger charge is 2.15. The van der Waals surface area contributed by atoms with Crippen molar-refractivity contribution >= 4 is 29.7 Å². The number of rotatable bonds is 51. The zero-order valence-corrected chi connectivity index (χ0v) is 43.5. The predicted octanol–water partition coefficient (Wildman–Crippen LogP) is 7.32. The van der Waals surface area contributed by atoms with Gasteiger partial charge in [-0.25, -0.2) is 0 Å². The Kier molecular flexibility index (Phi) is 46.6. The molecular formula is C51H108N14O2. The molecule has 0 atom stereocenters. The van der Waals surface area contributed by atoms with E-state index in [2.05, 4.69) is 50.2 Å². The van der Waals surface area contributed by atoms with Crippen LogP contribution in [0.2, 0.25) is 0 Å². The zero-order chi connectivity index (χ0) is 49.3. The molecule has 2 amide bonds. The van der Waals surface area contributed by atoms with Crippen molar-refractivity contribution in [1.29, 1.82) is 16.2 Å². The van der Waals surface area contributed by atoms with Crippen molar-refractivity contribution in [2.24, 2.45) is 17.2 Å². The predicted molar refractivity (Wildman–Crippen MR) is 285 cm³/mol. The molecule has 0 saturated heterocycles. The number of nitrogens with one attached hydrogen (secondary N) is 8. The van der Waals surface area contributed by atoms with Crippen molar-refractivity contribution in [1.82, 2.24) is 41.3 Å². The van der Waals surface area contributed by atoms with Gasteiger partial charge in [0.05, 0.1) is 13.1 Å². The zero-order valence-electron chi connectivity index (χ0n) is 43.5. The van der Waals surface area contributed by atoms with Crippen LogP contribution in [0.15, 0.2) is 0 Å². The minimum Gasteiger partial charge on any atom is -0.370 e. The lowest BCUT2D eigenvalue weighted by atomic mass is 10.0. The Morgan fingerprint density at radius 3 is 0.970 bits per heavy atom. The topological polar surface area (TPSA) is 254 Å². The Morgan fingerprint density at radius 1 is 0.358 bits per heavy atom. The molecule has 0 heterocycles. The van der Waals surface area contributed by atoms with Crippen molar-refractivity contribution in [3.8, 4) is 0 Å². The lowest BCUT2D eigenvalue weighted by molar-refractivity contribution is -0.132. The largest absolute Gasteiger partial charge is 0.370 e. The molecule has 0 aromatic carbocycles. The van der Waals surface area contributed by atoms with Gasteiger partial charge in [-0.15, -0.1) is 0 Å². The van der Waals surface area contributed by atoms with Gasteiger partial charge in [0.25, 0.3) is 0 Å². The number of hydrogen-bond acceptors (Lipinski definition) is 8. The van der Waals surface area contributed by atoms with Gasteiger partial charge in [0, 0.05) is 32.7 Å². The van der Waals surface area contributed by atoms with Crippen molar-refractivity contribution in [2.45, 2.75) is 206 Å². The molecule has 0 aliphatic heterocycles. The number of nitrogens with two attached hydrogens (primary N) is 3. The van der Waals surface area contributed by atoms with Crippen LogP contribution in [0.4, 0.5) is 0 Å². The van der Waals surface area contributed by atoms with E-state index >= 15 is 0 Å². The summed E-state index contributed by atoms with van der Waals surface area (Å²) in [5.74, 6) is -0.145. The number of amides is 2. The second-order valence-corrected chi connectivity index (χ2v) is 18.9. The van der Waals surface area contributed by atoms with E-state index in [0.717, 1.165) is 117 Å². The highest BCUT2D eigenvalue weighted by molar-refractivity contribution is 5.85. The Bertz CT molecular complexity index is 1130. The monoisotopic (exact) mass is 949 g/mol. The lowest BCUT2D eigenvalue weighted by Crippen LogP contribution is -2.43. The van der Waals surface area contributed by atoms with E-state index in [1.807, 2.05) is 4.90 Å². The molecular weight excluding hydrogens is 841 g/mol. The van der Waals surface area contributed by atoms with Gasteiger partial charge in [-0.1, -0.05) is 155 Å². The Morgan fingerprint density at radius 2 is 0.642 bits per heavy atom. The lowest BCUT2D eigenvalue weighted by Gasteiger charge is -2.25. The van der Waals surface area contributed by atoms with E-state index in [1.165, 1.54) is 128 Å². The summed E-state index contributed by atoms with van der Waals surface area (Å²) >= 11 is 0. The van der Waals surface area contributed by atoms with Crippen LogP contribution in [0, 0.1) is 16.2 Å². The van der Waals surface area contributed by atoms with Crippen LogP contribution in [0.3, 0.4) is 0 Å². The molecule has 16 nitrogen and oxygen atoms in total. The van der Waals surface area contributed by atoms with Gasteiger partial charge in [-0.05, 0) is 97.2 Å². The summed E-state index contributed by atoms with van der Waals surface area (Å²) < 4.78 is 0. The minimum atomic E-state index is -0.144. The van der Waals surface area contributed by atoms with Crippen molar-refractivity contribution < 1.29 is 9.59 Å². The highest BCUT2D eigenvalue weighted by atomic mass is 16.2. The molecule has 0 radical (unpaired) electrons. The van der Waals surface area contributed by atoms with Crippen LogP contribution in [0.5, 0.6) is 0 Å². The molecule has 0 aromatic rings. The minimum absolute atomic E-state index is 0.0111. The fraction of sp³-hybridized carbons (Fsp3) is 0.902. The van der Waals surface area contributed by atoms with E-state index in [-0.39, 0.29) is 42.8 Å². The summed E-state index contributed by atoms with van der Waals surface area (Å²) in [6.45, 7) is 14.5. The summed E-state index contributed by atoms with van der Waals surface area (Å²) in [5.41, 5.74) is 16.4. The molecule has 14 N–H and O–H groups in total. The van der Waals surface area contributed by atoms with Crippen LogP contribution in [0.25, 0.3) is 0 Å². The molecule has 0 rings (SSSR count). The first-order chi connectivity index (χ1) is 32.6. The number of hydrogen-bond donors (Lipinski definition) is 11. The molecule has 0 fully saturated rings. The van der Waals surface area contributed by atoms with Gasteiger partial charge in [0.1, 0.15) is 0 Å². The number of unbranched alkanes of at least 4 members (excludes halogenated alkanes) is 23. The molecule has 0 aliphatic rings. The highest BCUT2D eigenvalue weighted by Crippen LogP contribution is 2.14. The third kappa shape index (κ3) is 47.5. The standard InChI is InChI=1S/C51H108N14O2/c1-3-5-7-9-11-13-15-17-19-21-23-25-43-65(44-26-24-22-20-18-16-14-12-10-8-6-4-2)48(67)46-62-47(66)45-58-33-29-39-63(40-30-34-59-49(52)53)37-27-28-38-64(41-31-35-60-50(54)55)42-32-36-61-51(56)57/h58H,3-46H2,1-2H3,(H,62,66)(H4,52,53,59)(H4,54,55,60)(H4,56,57,61). The van der Waals surface area contributed by atoms with Crippen LogP contribution in [-0.2, 0) is 9.59 Å². The van der Waals surface area contributed by atoms with Crippen LogP contribution in [-0.4, -0.2) is 136 Å². The summed E-state index contributed by atoms with van der Waals surface area (Å²) in [6, 6.07) is 0. The first-order valence-corrected chi connectivity index (χ1v) is 27.5. The molecule has 0 aliphatic carbocycles. The maximum Gasteiger partial charge on any atom is 0.241 e. The van der Waals surface area contributed by atoms with Gasteiger partial charge in [0.2, 0.25) is 11.8 Å². The molecule has 0 aromatic heterocycles. The summed E-state index contributed by atoms with van der Waals surface area (Å²) in [5, 5.41) is 37.2. The molecule has 0 bridgehead atoms. The van der Waals surface area contributed by atoms with Crippen LogP contribution in [0.1, 0.15) is 206 Å². The quantitative estimate of drug-likeness (QED) is 0.0164. The summed E-state index contributed by atoms with van der Waals surface area (Å²) in [6.07, 6.45) is 36.7. The second kappa shape index (κ2) is 49.1. The molecule has 67 heavy (non-hydrogen) atoms. The van der Waals surface area contributed by atoms with Gasteiger partial charge >= 0.3 is 0 Å². The maximum atomic E-state index is 13.4. The van der Waals surface area contributed by atoms with Crippen molar-refractivity contribution in [3.63, 3.8) is 0 Å². The SMILES string of the molecule is CCCCCCCCCCCCCCN(CCCCCCCCCCCCCC)C(=O)CNC(=O)CNCCCN(CCCCN(CCCNC(=N)N)CCCNC(=N)N)CCCNC(=N)N. The van der Waals surface area contributed by atoms with E-state index in [0.29, 0.717) is 26.2 Å². The van der Waals surface area contributed by atoms with Gasteiger partial charge in [0.15, 0.2) is 17.9 Å². The van der Waals surface area contributed by atoms with Crippen molar-refractivity contribution in [2.75, 3.05) is 91.6 Å². The van der Waals surface area contributed by atoms with E-state index < -0.39 is 0 Å². The normalized spacial score (nSPS) is 11.3. The fourth-order valence-electron chi connectivity index (χ4n) is 8.55. The second-order valence-electron chi connectivity index (χ2n) is 18.9. The van der Waals surface area contributed by atoms with Crippen LogP contribution >= 0.6 is 0 Å². The Labute approximate surface area is 410 Å². The molecule has 0 spiro atoms. The molecule has 16 heteroatoms. The first kappa shape index (κ1) is 63.6. The number of guanidine groups is 3. The third-order valence-electron chi connectivity index (χ3n) is 12.6. The van der Waals surface area contributed by atoms with Gasteiger partial charge in [-0.3, -0.25) is 25.8 Å². The summed E-state index contributed by atoms with van der Waals surface area (Å²) in [7, 11) is 0. The van der Waals surface area contributed by atoms with E-state index in [4.69, 9.17) is 33.4 Å². The third-order valence-corrected chi connectivity index (χ3v) is 12.6. The number of carbonyl (C=O) groups excluding carboxylic acids is 2. The average molecular weight is 950 g/mol. The smallest absolute Gasteiger partial charge is 0.241 e. The number of nitrogens with zero attached hydrogens (tertiary/aromatic N) is 3. The molecule has 0 unspecified atom stereocenters. The Hall–Kier alpha value is -3.37. The van der Waals surface area contributed by atoms with Crippen molar-refractivity contribution in [3.05, 3.63) is 0 Å². The molecule has 0 saturated carbocycles.